The van der Waals surface area contributed by atoms with Crippen molar-refractivity contribution < 1.29 is 13.2 Å². The summed E-state index contributed by atoms with van der Waals surface area (Å²) in [7, 11) is -3.49. The summed E-state index contributed by atoms with van der Waals surface area (Å²) < 4.78 is 27.1. The summed E-state index contributed by atoms with van der Waals surface area (Å²) >= 11 is 12.0. The summed E-state index contributed by atoms with van der Waals surface area (Å²) in [5, 5.41) is 3.90. The average Bonchev–Trinajstić information content (AvgIpc) is 2.78. The Kier molecular flexibility index (Phi) is 9.68. The molecule has 1 aromatic carbocycles. The second-order valence-electron chi connectivity index (χ2n) is 8.90. The molecular weight excluding hydrogens is 469 g/mol. The Hall–Kier alpha value is -0.860. The van der Waals surface area contributed by atoms with Crippen molar-refractivity contribution in [1.29, 1.82) is 0 Å². The molecule has 9 heteroatoms. The Morgan fingerprint density at radius 1 is 1.12 bits per heavy atom. The van der Waals surface area contributed by atoms with Crippen molar-refractivity contribution in [2.24, 2.45) is 5.92 Å². The number of benzene rings is 1. The van der Waals surface area contributed by atoms with Crippen LogP contribution < -0.4 is 5.32 Å². The highest BCUT2D eigenvalue weighted by atomic mass is 35.5. The molecule has 2 fully saturated rings. The first-order valence-corrected chi connectivity index (χ1v) is 14.1. The predicted molar refractivity (Wildman–Crippen MR) is 131 cm³/mol. The molecule has 2 aliphatic heterocycles. The number of carbonyl (C=O) groups excluding carboxylic acids is 1. The number of sulfonamides is 1. The van der Waals surface area contributed by atoms with Crippen molar-refractivity contribution in [2.75, 3.05) is 32.7 Å². The van der Waals surface area contributed by atoms with Crippen molar-refractivity contribution in [3.8, 4) is 0 Å². The molecule has 0 radical (unpaired) electrons. The molecule has 1 amide bonds. The Bertz CT molecular complexity index is 873. The Morgan fingerprint density at radius 2 is 1.88 bits per heavy atom. The second kappa shape index (κ2) is 12.0. The zero-order valence-electron chi connectivity index (χ0n) is 18.9. The number of hydrogen-bond donors (Lipinski definition) is 1. The lowest BCUT2D eigenvalue weighted by Crippen LogP contribution is -2.44. The van der Waals surface area contributed by atoms with Crippen LogP contribution in [-0.4, -0.2) is 62.3 Å². The second-order valence-corrected chi connectivity index (χ2v) is 11.7. The lowest BCUT2D eigenvalue weighted by atomic mass is 9.97. The molecule has 2 aliphatic rings. The summed E-state index contributed by atoms with van der Waals surface area (Å²) in [5.41, 5.74) is 0.537. The van der Waals surface area contributed by atoms with E-state index in [2.05, 4.69) is 17.1 Å². The van der Waals surface area contributed by atoms with Gasteiger partial charge in [0.15, 0.2) is 0 Å². The number of halogens is 2. The van der Waals surface area contributed by atoms with Gasteiger partial charge >= 0.3 is 0 Å². The number of nitrogens with one attached hydrogen (secondary N) is 1. The van der Waals surface area contributed by atoms with Gasteiger partial charge < -0.3 is 10.2 Å². The maximum Gasteiger partial charge on any atom is 0.223 e. The minimum atomic E-state index is -3.49. The van der Waals surface area contributed by atoms with E-state index in [1.165, 1.54) is 36.5 Å². The van der Waals surface area contributed by atoms with Crippen molar-refractivity contribution >= 4 is 39.1 Å². The number of piperidine rings is 2. The number of amides is 1. The molecule has 2 heterocycles. The van der Waals surface area contributed by atoms with Gasteiger partial charge in [-0.3, -0.25) is 4.79 Å². The standard InChI is InChI=1S/C23H35Cl2N3O3S/c1-2-21-6-3-4-12-27(21)13-5-11-26-23(29)18-9-14-28(15-10-18)32(30,31)17-19-7-8-20(24)16-22(19)25/h7-8,16,18,21H,2-6,9-15,17H2,1H3,(H,26,29)/t21-/m1/s1. The molecule has 0 spiro atoms. The topological polar surface area (TPSA) is 69.7 Å². The maximum atomic E-state index is 12.8. The Balaban J connectivity index is 1.40. The first kappa shape index (κ1) is 25.8. The van der Waals surface area contributed by atoms with Gasteiger partial charge in [-0.1, -0.05) is 42.6 Å². The molecule has 3 rings (SSSR count). The first-order valence-electron chi connectivity index (χ1n) is 11.7. The third kappa shape index (κ3) is 7.07. The summed E-state index contributed by atoms with van der Waals surface area (Å²) in [5.74, 6) is -0.234. The molecule has 6 nitrogen and oxygen atoms in total. The molecule has 0 unspecified atom stereocenters. The summed E-state index contributed by atoms with van der Waals surface area (Å²) in [6.07, 6.45) is 7.12. The molecule has 0 saturated carbocycles. The van der Waals surface area contributed by atoms with Crippen molar-refractivity contribution in [2.45, 2.75) is 63.7 Å². The highest BCUT2D eigenvalue weighted by Crippen LogP contribution is 2.26. The largest absolute Gasteiger partial charge is 0.356 e. The van der Waals surface area contributed by atoms with E-state index in [0.29, 0.717) is 54.1 Å². The molecule has 1 aromatic rings. The van der Waals surface area contributed by atoms with Gasteiger partial charge in [-0.15, -0.1) is 0 Å². The smallest absolute Gasteiger partial charge is 0.223 e. The fraction of sp³-hybridized carbons (Fsp3) is 0.696. The molecule has 0 bridgehead atoms. The molecule has 180 valence electrons. The zero-order chi connectivity index (χ0) is 23.1. The number of nitrogens with zero attached hydrogens (tertiary/aromatic N) is 2. The van der Waals surface area contributed by atoms with Gasteiger partial charge in [0.2, 0.25) is 15.9 Å². The zero-order valence-corrected chi connectivity index (χ0v) is 21.2. The van der Waals surface area contributed by atoms with Crippen LogP contribution in [0.2, 0.25) is 10.0 Å². The van der Waals surface area contributed by atoms with E-state index in [-0.39, 0.29) is 17.6 Å². The van der Waals surface area contributed by atoms with E-state index < -0.39 is 10.0 Å². The third-order valence-corrected chi connectivity index (χ3v) is 9.13. The first-order chi connectivity index (χ1) is 15.3. The SMILES string of the molecule is CC[C@@H]1CCCCN1CCCNC(=O)C1CCN(S(=O)(=O)Cc2ccc(Cl)cc2Cl)CC1. The van der Waals surface area contributed by atoms with Crippen LogP contribution >= 0.6 is 23.2 Å². The molecule has 0 aliphatic carbocycles. The third-order valence-electron chi connectivity index (χ3n) is 6.71. The number of carbonyl (C=O) groups is 1. The van der Waals surface area contributed by atoms with Crippen LogP contribution in [0.4, 0.5) is 0 Å². The molecular formula is C23H35Cl2N3O3S. The highest BCUT2D eigenvalue weighted by Gasteiger charge is 2.31. The Morgan fingerprint density at radius 3 is 2.56 bits per heavy atom. The van der Waals surface area contributed by atoms with Crippen LogP contribution in [0.5, 0.6) is 0 Å². The quantitative estimate of drug-likeness (QED) is 0.509. The van der Waals surface area contributed by atoms with Gasteiger partial charge in [0.1, 0.15) is 0 Å². The highest BCUT2D eigenvalue weighted by molar-refractivity contribution is 7.88. The summed E-state index contributed by atoms with van der Waals surface area (Å²) in [6.45, 7) is 5.85. The molecule has 1 atom stereocenters. The van der Waals surface area contributed by atoms with Gasteiger partial charge in [0.05, 0.1) is 5.75 Å². The Labute approximate surface area is 202 Å². The van der Waals surface area contributed by atoms with E-state index in [1.54, 1.807) is 18.2 Å². The monoisotopic (exact) mass is 503 g/mol. The van der Waals surface area contributed by atoms with E-state index in [4.69, 9.17) is 23.2 Å². The van der Waals surface area contributed by atoms with E-state index in [1.807, 2.05) is 0 Å². The average molecular weight is 505 g/mol. The normalized spacial score (nSPS) is 21.5. The lowest BCUT2D eigenvalue weighted by molar-refractivity contribution is -0.126. The van der Waals surface area contributed by atoms with Crippen molar-refractivity contribution in [3.05, 3.63) is 33.8 Å². The number of rotatable bonds is 9. The fourth-order valence-electron chi connectivity index (χ4n) is 4.78. The molecule has 1 N–H and O–H groups in total. The molecule has 0 aromatic heterocycles. The van der Waals surface area contributed by atoms with Gasteiger partial charge in [-0.2, -0.15) is 0 Å². The predicted octanol–water partition coefficient (Wildman–Crippen LogP) is 4.31. The number of hydrogen-bond acceptors (Lipinski definition) is 4. The summed E-state index contributed by atoms with van der Waals surface area (Å²) in [4.78, 5) is 15.1. The fourth-order valence-corrected chi connectivity index (χ4v) is 6.93. The van der Waals surface area contributed by atoms with Crippen LogP contribution in [0.15, 0.2) is 18.2 Å². The van der Waals surface area contributed by atoms with E-state index >= 15 is 0 Å². The van der Waals surface area contributed by atoms with Gasteiger partial charge in [0, 0.05) is 48.2 Å². The maximum absolute atomic E-state index is 12.8. The van der Waals surface area contributed by atoms with Gasteiger partial charge in [0.25, 0.3) is 0 Å². The van der Waals surface area contributed by atoms with Crippen LogP contribution in [0.1, 0.15) is 57.4 Å². The van der Waals surface area contributed by atoms with Crippen LogP contribution in [0.25, 0.3) is 0 Å². The van der Waals surface area contributed by atoms with Crippen molar-refractivity contribution in [1.82, 2.24) is 14.5 Å². The van der Waals surface area contributed by atoms with Crippen molar-refractivity contribution in [3.63, 3.8) is 0 Å². The molecule has 32 heavy (non-hydrogen) atoms. The minimum absolute atomic E-state index is 0.0495. The minimum Gasteiger partial charge on any atom is -0.356 e. The van der Waals surface area contributed by atoms with E-state index in [9.17, 15) is 13.2 Å². The van der Waals surface area contributed by atoms with Gasteiger partial charge in [-0.25, -0.2) is 12.7 Å². The lowest BCUT2D eigenvalue weighted by Gasteiger charge is -2.35. The van der Waals surface area contributed by atoms with Gasteiger partial charge in [-0.05, 0) is 62.8 Å². The number of likely N-dealkylation sites (tertiary alicyclic amines) is 1. The van der Waals surface area contributed by atoms with Crippen LogP contribution in [0, 0.1) is 5.92 Å². The van der Waals surface area contributed by atoms with Crippen LogP contribution in [0.3, 0.4) is 0 Å². The van der Waals surface area contributed by atoms with E-state index in [0.717, 1.165) is 13.0 Å². The van der Waals surface area contributed by atoms with Crippen LogP contribution in [-0.2, 0) is 20.6 Å². The summed E-state index contributed by atoms with van der Waals surface area (Å²) in [6, 6.07) is 5.53. The molecule has 2 saturated heterocycles.